The third-order valence-corrected chi connectivity index (χ3v) is 4.41. The first kappa shape index (κ1) is 18.9. The Bertz CT molecular complexity index is 727. The molecule has 0 saturated carbocycles. The minimum atomic E-state index is -0.654. The van der Waals surface area contributed by atoms with Crippen LogP contribution in [0.3, 0.4) is 0 Å². The molecule has 0 aliphatic rings. The molecule has 3 amide bonds. The molecule has 1 aromatic heterocycles. The summed E-state index contributed by atoms with van der Waals surface area (Å²) in [5.41, 5.74) is 2.11. The largest absolute Gasteiger partial charge is 0.338 e. The maximum Gasteiger partial charge on any atom is 0.315 e. The molecule has 1 unspecified atom stereocenters. The van der Waals surface area contributed by atoms with E-state index in [1.807, 2.05) is 52.0 Å². The van der Waals surface area contributed by atoms with E-state index in [0.29, 0.717) is 11.7 Å². The molecule has 0 radical (unpaired) electrons. The second-order valence-electron chi connectivity index (χ2n) is 5.99. The van der Waals surface area contributed by atoms with Gasteiger partial charge in [-0.25, -0.2) is 4.79 Å². The summed E-state index contributed by atoms with van der Waals surface area (Å²) < 4.78 is 0. The van der Waals surface area contributed by atoms with Crippen molar-refractivity contribution in [1.29, 1.82) is 0 Å². The molecule has 0 aliphatic heterocycles. The minimum absolute atomic E-state index is 0.0629. The molecule has 2 rings (SSSR count). The Morgan fingerprint density at radius 2 is 1.84 bits per heavy atom. The van der Waals surface area contributed by atoms with E-state index in [4.69, 9.17) is 0 Å². The van der Waals surface area contributed by atoms with E-state index in [1.165, 1.54) is 11.3 Å². The quantitative estimate of drug-likeness (QED) is 0.737. The van der Waals surface area contributed by atoms with Crippen LogP contribution >= 0.6 is 11.3 Å². The molecule has 25 heavy (non-hydrogen) atoms. The smallest absolute Gasteiger partial charge is 0.315 e. The van der Waals surface area contributed by atoms with Crippen molar-refractivity contribution < 1.29 is 9.59 Å². The van der Waals surface area contributed by atoms with Crippen LogP contribution in [-0.4, -0.2) is 34.7 Å². The average Bonchev–Trinajstić information content (AvgIpc) is 3.01. The van der Waals surface area contributed by atoms with Crippen LogP contribution in [0.2, 0.25) is 0 Å². The van der Waals surface area contributed by atoms with Crippen molar-refractivity contribution >= 4 is 28.4 Å². The van der Waals surface area contributed by atoms with Crippen LogP contribution in [0.1, 0.15) is 26.3 Å². The molecule has 134 valence electrons. The van der Waals surface area contributed by atoms with Gasteiger partial charge >= 0.3 is 6.03 Å². The predicted molar refractivity (Wildman–Crippen MR) is 99.5 cm³/mol. The third-order valence-electron chi connectivity index (χ3n) is 3.53. The molecule has 7 nitrogen and oxygen atoms in total. The molecule has 1 heterocycles. The van der Waals surface area contributed by atoms with Gasteiger partial charge in [0.05, 0.1) is 0 Å². The van der Waals surface area contributed by atoms with Gasteiger partial charge in [0.2, 0.25) is 11.0 Å². The summed E-state index contributed by atoms with van der Waals surface area (Å²) in [4.78, 5) is 24.2. The van der Waals surface area contributed by atoms with Crippen LogP contribution in [-0.2, 0) is 4.79 Å². The fraction of sp³-hybridized carbons (Fsp3) is 0.412. The standard InChI is InChI=1S/C17H23N5O2S/c1-5-18-16(24)19-13(10(2)3)14(23)20-17-22-21-15(25-17)12-8-6-11(4)7-9-12/h6-10,13H,5H2,1-4H3,(H2,18,19,24)(H,20,22,23). The summed E-state index contributed by atoms with van der Waals surface area (Å²) in [6.45, 7) is 8.07. The first-order chi connectivity index (χ1) is 11.9. The minimum Gasteiger partial charge on any atom is -0.338 e. The number of aryl methyl sites for hydroxylation is 1. The lowest BCUT2D eigenvalue weighted by Gasteiger charge is -2.20. The Labute approximate surface area is 151 Å². The van der Waals surface area contributed by atoms with E-state index in [1.54, 1.807) is 0 Å². The molecule has 1 aromatic carbocycles. The first-order valence-electron chi connectivity index (χ1n) is 8.16. The summed E-state index contributed by atoms with van der Waals surface area (Å²) in [5.74, 6) is -0.375. The Kier molecular flexibility index (Phi) is 6.46. The van der Waals surface area contributed by atoms with E-state index < -0.39 is 6.04 Å². The van der Waals surface area contributed by atoms with Crippen LogP contribution in [0.25, 0.3) is 10.6 Å². The molecular weight excluding hydrogens is 338 g/mol. The second kappa shape index (κ2) is 8.57. The van der Waals surface area contributed by atoms with Gasteiger partial charge in [0.1, 0.15) is 11.0 Å². The van der Waals surface area contributed by atoms with Crippen molar-refractivity contribution in [2.45, 2.75) is 33.7 Å². The zero-order valence-corrected chi connectivity index (χ0v) is 15.6. The van der Waals surface area contributed by atoms with Gasteiger partial charge < -0.3 is 10.6 Å². The fourth-order valence-electron chi connectivity index (χ4n) is 2.16. The molecular formula is C17H23N5O2S. The van der Waals surface area contributed by atoms with Gasteiger partial charge in [-0.1, -0.05) is 55.0 Å². The van der Waals surface area contributed by atoms with Gasteiger partial charge in [0.15, 0.2) is 0 Å². The van der Waals surface area contributed by atoms with E-state index >= 15 is 0 Å². The van der Waals surface area contributed by atoms with E-state index in [0.717, 1.165) is 16.1 Å². The van der Waals surface area contributed by atoms with Crippen molar-refractivity contribution in [3.05, 3.63) is 29.8 Å². The summed E-state index contributed by atoms with van der Waals surface area (Å²) in [7, 11) is 0. The van der Waals surface area contributed by atoms with Crippen molar-refractivity contribution in [3.63, 3.8) is 0 Å². The number of aromatic nitrogens is 2. The zero-order valence-electron chi connectivity index (χ0n) is 14.8. The molecule has 0 aliphatic carbocycles. The molecule has 8 heteroatoms. The highest BCUT2D eigenvalue weighted by Crippen LogP contribution is 2.26. The summed E-state index contributed by atoms with van der Waals surface area (Å²) in [6.07, 6.45) is 0. The van der Waals surface area contributed by atoms with Crippen LogP contribution in [0, 0.1) is 12.8 Å². The van der Waals surface area contributed by atoms with E-state index in [2.05, 4.69) is 26.1 Å². The fourth-order valence-corrected chi connectivity index (χ4v) is 2.91. The summed E-state index contributed by atoms with van der Waals surface area (Å²) >= 11 is 1.30. The summed E-state index contributed by atoms with van der Waals surface area (Å²) in [5, 5.41) is 17.3. The number of rotatable bonds is 6. The molecule has 1 atom stereocenters. The second-order valence-corrected chi connectivity index (χ2v) is 6.97. The van der Waals surface area contributed by atoms with Crippen molar-refractivity contribution in [2.24, 2.45) is 5.92 Å². The Balaban J connectivity index is 2.06. The molecule has 0 bridgehead atoms. The number of hydrogen-bond donors (Lipinski definition) is 3. The number of hydrogen-bond acceptors (Lipinski definition) is 5. The SMILES string of the molecule is CCNC(=O)NC(C(=O)Nc1nnc(-c2ccc(C)cc2)s1)C(C)C. The Hall–Kier alpha value is -2.48. The van der Waals surface area contributed by atoms with Crippen LogP contribution in [0.15, 0.2) is 24.3 Å². The van der Waals surface area contributed by atoms with Crippen LogP contribution in [0.4, 0.5) is 9.93 Å². The Morgan fingerprint density at radius 3 is 2.44 bits per heavy atom. The lowest BCUT2D eigenvalue weighted by Crippen LogP contribution is -2.50. The maximum absolute atomic E-state index is 12.5. The molecule has 2 aromatic rings. The number of nitrogens with one attached hydrogen (secondary N) is 3. The number of benzene rings is 1. The van der Waals surface area contributed by atoms with Crippen molar-refractivity contribution in [2.75, 3.05) is 11.9 Å². The zero-order chi connectivity index (χ0) is 18.4. The van der Waals surface area contributed by atoms with Gasteiger partial charge in [-0.3, -0.25) is 10.1 Å². The molecule has 0 fully saturated rings. The number of anilines is 1. The van der Waals surface area contributed by atoms with Crippen LogP contribution in [0.5, 0.6) is 0 Å². The number of carbonyl (C=O) groups excluding carboxylic acids is 2. The average molecular weight is 361 g/mol. The third kappa shape index (κ3) is 5.25. The first-order valence-corrected chi connectivity index (χ1v) is 8.98. The van der Waals surface area contributed by atoms with Crippen molar-refractivity contribution in [1.82, 2.24) is 20.8 Å². The summed E-state index contributed by atoms with van der Waals surface area (Å²) in [6, 6.07) is 6.91. The molecule has 0 spiro atoms. The highest BCUT2D eigenvalue weighted by atomic mass is 32.1. The maximum atomic E-state index is 12.5. The topological polar surface area (TPSA) is 96.0 Å². The van der Waals surface area contributed by atoms with Gasteiger partial charge in [-0.15, -0.1) is 10.2 Å². The van der Waals surface area contributed by atoms with Gasteiger partial charge in [0.25, 0.3) is 0 Å². The van der Waals surface area contributed by atoms with Gasteiger partial charge in [-0.05, 0) is 19.8 Å². The highest BCUT2D eigenvalue weighted by Gasteiger charge is 2.25. The van der Waals surface area contributed by atoms with E-state index in [-0.39, 0.29) is 17.9 Å². The lowest BCUT2D eigenvalue weighted by atomic mass is 10.0. The highest BCUT2D eigenvalue weighted by molar-refractivity contribution is 7.18. The number of nitrogens with zero attached hydrogens (tertiary/aromatic N) is 2. The van der Waals surface area contributed by atoms with E-state index in [9.17, 15) is 9.59 Å². The number of amides is 3. The number of urea groups is 1. The predicted octanol–water partition coefficient (Wildman–Crippen LogP) is 2.80. The van der Waals surface area contributed by atoms with Gasteiger partial charge in [0, 0.05) is 12.1 Å². The van der Waals surface area contributed by atoms with Crippen molar-refractivity contribution in [3.8, 4) is 10.6 Å². The Morgan fingerprint density at radius 1 is 1.16 bits per heavy atom. The number of carbonyl (C=O) groups is 2. The lowest BCUT2D eigenvalue weighted by molar-refractivity contribution is -0.118. The van der Waals surface area contributed by atoms with Crippen LogP contribution < -0.4 is 16.0 Å². The molecule has 0 saturated heterocycles. The molecule has 3 N–H and O–H groups in total. The van der Waals surface area contributed by atoms with Gasteiger partial charge in [-0.2, -0.15) is 0 Å². The normalized spacial score (nSPS) is 11.9. The monoisotopic (exact) mass is 361 g/mol.